The molecule has 0 aliphatic rings. The third-order valence-corrected chi connectivity index (χ3v) is 2.40. The van der Waals surface area contributed by atoms with Gasteiger partial charge in [0.2, 0.25) is 0 Å². The van der Waals surface area contributed by atoms with E-state index in [-0.39, 0.29) is 5.54 Å². The fourth-order valence-corrected chi connectivity index (χ4v) is 0.714. The molecule has 0 fully saturated rings. The largest absolute Gasteiger partial charge is 0.318 e. The summed E-state index contributed by atoms with van der Waals surface area (Å²) < 4.78 is 0. The van der Waals surface area contributed by atoms with Crippen LogP contribution in [0.1, 0.15) is 27.7 Å². The van der Waals surface area contributed by atoms with Crippen molar-refractivity contribution >= 4 is 0 Å². The molecule has 0 saturated heterocycles. The normalized spacial score (nSPS) is 12.5. The molecule has 0 atom stereocenters. The van der Waals surface area contributed by atoms with Crippen molar-refractivity contribution in [1.29, 1.82) is 0 Å². The van der Waals surface area contributed by atoms with E-state index in [4.69, 9.17) is 0 Å². The SMILES string of the molecule is CNCCNC(C)(C)C(C)C. The van der Waals surface area contributed by atoms with E-state index < -0.39 is 0 Å². The summed E-state index contributed by atoms with van der Waals surface area (Å²) in [7, 11) is 1.98. The molecule has 0 aromatic heterocycles. The number of nitrogens with one attached hydrogen (secondary N) is 2. The average molecular weight is 158 g/mol. The zero-order valence-electron chi connectivity index (χ0n) is 8.49. The minimum Gasteiger partial charge on any atom is -0.318 e. The Kier molecular flexibility index (Phi) is 4.69. The van der Waals surface area contributed by atoms with Gasteiger partial charge in [0.05, 0.1) is 0 Å². The second kappa shape index (κ2) is 4.73. The first-order valence-corrected chi connectivity index (χ1v) is 4.40. The van der Waals surface area contributed by atoms with Crippen LogP contribution in [-0.2, 0) is 0 Å². The van der Waals surface area contributed by atoms with Crippen LogP contribution in [0.15, 0.2) is 0 Å². The molecule has 0 heterocycles. The average Bonchev–Trinajstić information content (AvgIpc) is 1.88. The van der Waals surface area contributed by atoms with Crippen molar-refractivity contribution in [3.63, 3.8) is 0 Å². The van der Waals surface area contributed by atoms with Gasteiger partial charge < -0.3 is 10.6 Å². The zero-order valence-corrected chi connectivity index (χ0v) is 8.49. The molecule has 2 nitrogen and oxygen atoms in total. The van der Waals surface area contributed by atoms with Crippen LogP contribution in [0, 0.1) is 5.92 Å². The summed E-state index contributed by atoms with van der Waals surface area (Å²) in [6, 6.07) is 0. The molecule has 0 rings (SSSR count). The first kappa shape index (κ1) is 10.9. The molecule has 2 heteroatoms. The third-order valence-electron chi connectivity index (χ3n) is 2.40. The monoisotopic (exact) mass is 158 g/mol. The van der Waals surface area contributed by atoms with Gasteiger partial charge in [-0.15, -0.1) is 0 Å². The molecule has 0 radical (unpaired) electrons. The number of hydrogen-bond donors (Lipinski definition) is 2. The molecule has 2 N–H and O–H groups in total. The Bertz CT molecular complexity index is 97.7. The van der Waals surface area contributed by atoms with Crippen molar-refractivity contribution in [3.8, 4) is 0 Å². The molecular weight excluding hydrogens is 136 g/mol. The van der Waals surface area contributed by atoms with Gasteiger partial charge in [-0.2, -0.15) is 0 Å². The van der Waals surface area contributed by atoms with Gasteiger partial charge in [0.15, 0.2) is 0 Å². The molecule has 0 saturated carbocycles. The van der Waals surface area contributed by atoms with Crippen LogP contribution in [0.5, 0.6) is 0 Å². The summed E-state index contributed by atoms with van der Waals surface area (Å²) >= 11 is 0. The highest BCUT2D eigenvalue weighted by atomic mass is 15.0. The molecule has 0 spiro atoms. The predicted octanol–water partition coefficient (Wildman–Crippen LogP) is 1.23. The second-order valence-corrected chi connectivity index (χ2v) is 3.91. The Morgan fingerprint density at radius 1 is 1.18 bits per heavy atom. The van der Waals surface area contributed by atoms with E-state index in [0.717, 1.165) is 13.1 Å². The van der Waals surface area contributed by atoms with Crippen LogP contribution in [0.2, 0.25) is 0 Å². The van der Waals surface area contributed by atoms with Gasteiger partial charge in [-0.3, -0.25) is 0 Å². The molecule has 0 bridgehead atoms. The minimum absolute atomic E-state index is 0.261. The van der Waals surface area contributed by atoms with Gasteiger partial charge >= 0.3 is 0 Å². The Balaban J connectivity index is 3.55. The van der Waals surface area contributed by atoms with Crippen molar-refractivity contribution < 1.29 is 0 Å². The molecule has 0 unspecified atom stereocenters. The lowest BCUT2D eigenvalue weighted by atomic mass is 9.91. The Labute approximate surface area is 70.8 Å². The summed E-state index contributed by atoms with van der Waals surface area (Å²) in [5.41, 5.74) is 0.261. The maximum atomic E-state index is 3.50. The Hall–Kier alpha value is -0.0800. The number of hydrogen-bond acceptors (Lipinski definition) is 2. The van der Waals surface area contributed by atoms with E-state index in [9.17, 15) is 0 Å². The lowest BCUT2D eigenvalue weighted by Crippen LogP contribution is -2.46. The van der Waals surface area contributed by atoms with Gasteiger partial charge in [-0.1, -0.05) is 13.8 Å². The van der Waals surface area contributed by atoms with Crippen LogP contribution in [-0.4, -0.2) is 25.7 Å². The molecule has 0 amide bonds. The summed E-state index contributed by atoms with van der Waals surface area (Å²) in [6.45, 7) is 11.1. The lowest BCUT2D eigenvalue weighted by molar-refractivity contribution is 0.289. The van der Waals surface area contributed by atoms with Crippen molar-refractivity contribution in [2.75, 3.05) is 20.1 Å². The molecule has 11 heavy (non-hydrogen) atoms. The van der Waals surface area contributed by atoms with Crippen LogP contribution in [0.3, 0.4) is 0 Å². The molecular formula is C9H22N2. The molecule has 0 aromatic rings. The fraction of sp³-hybridized carbons (Fsp3) is 1.00. The van der Waals surface area contributed by atoms with E-state index in [2.05, 4.69) is 38.3 Å². The molecule has 68 valence electrons. The van der Waals surface area contributed by atoms with Gasteiger partial charge in [-0.05, 0) is 26.8 Å². The fourth-order valence-electron chi connectivity index (χ4n) is 0.714. The van der Waals surface area contributed by atoms with E-state index in [1.807, 2.05) is 7.05 Å². The van der Waals surface area contributed by atoms with Gasteiger partial charge in [0.25, 0.3) is 0 Å². The topological polar surface area (TPSA) is 24.1 Å². The van der Waals surface area contributed by atoms with Crippen molar-refractivity contribution in [3.05, 3.63) is 0 Å². The number of likely N-dealkylation sites (N-methyl/N-ethyl adjacent to an activating group) is 1. The molecule has 0 aliphatic heterocycles. The summed E-state index contributed by atoms with van der Waals surface area (Å²) in [5.74, 6) is 0.680. The summed E-state index contributed by atoms with van der Waals surface area (Å²) in [4.78, 5) is 0. The van der Waals surface area contributed by atoms with Crippen molar-refractivity contribution in [1.82, 2.24) is 10.6 Å². The van der Waals surface area contributed by atoms with Crippen LogP contribution < -0.4 is 10.6 Å². The van der Waals surface area contributed by atoms with E-state index in [1.54, 1.807) is 0 Å². The van der Waals surface area contributed by atoms with Crippen LogP contribution >= 0.6 is 0 Å². The first-order valence-electron chi connectivity index (χ1n) is 4.40. The maximum Gasteiger partial charge on any atom is 0.0148 e. The highest BCUT2D eigenvalue weighted by Crippen LogP contribution is 2.13. The smallest absolute Gasteiger partial charge is 0.0148 e. The summed E-state index contributed by atoms with van der Waals surface area (Å²) in [5, 5.41) is 6.61. The van der Waals surface area contributed by atoms with Gasteiger partial charge in [-0.25, -0.2) is 0 Å². The van der Waals surface area contributed by atoms with Gasteiger partial charge in [0, 0.05) is 18.6 Å². The Morgan fingerprint density at radius 2 is 1.73 bits per heavy atom. The minimum atomic E-state index is 0.261. The molecule has 0 aromatic carbocycles. The third kappa shape index (κ3) is 4.38. The first-order chi connectivity index (χ1) is 5.00. The van der Waals surface area contributed by atoms with Gasteiger partial charge in [0.1, 0.15) is 0 Å². The number of rotatable bonds is 5. The van der Waals surface area contributed by atoms with E-state index in [1.165, 1.54) is 0 Å². The standard InChI is InChI=1S/C9H22N2/c1-8(2)9(3,4)11-7-6-10-5/h8,10-11H,6-7H2,1-5H3. The highest BCUT2D eigenvalue weighted by molar-refractivity contribution is 4.80. The lowest BCUT2D eigenvalue weighted by Gasteiger charge is -2.30. The quantitative estimate of drug-likeness (QED) is 0.588. The second-order valence-electron chi connectivity index (χ2n) is 3.91. The predicted molar refractivity (Wildman–Crippen MR) is 50.8 cm³/mol. The maximum absolute atomic E-state index is 3.50. The van der Waals surface area contributed by atoms with Crippen LogP contribution in [0.4, 0.5) is 0 Å². The highest BCUT2D eigenvalue weighted by Gasteiger charge is 2.20. The van der Waals surface area contributed by atoms with Crippen LogP contribution in [0.25, 0.3) is 0 Å². The van der Waals surface area contributed by atoms with E-state index in [0.29, 0.717) is 5.92 Å². The molecule has 0 aliphatic carbocycles. The Morgan fingerprint density at radius 3 is 2.09 bits per heavy atom. The zero-order chi connectivity index (χ0) is 8.91. The van der Waals surface area contributed by atoms with E-state index >= 15 is 0 Å². The summed E-state index contributed by atoms with van der Waals surface area (Å²) in [6.07, 6.45) is 0. The van der Waals surface area contributed by atoms with Crippen molar-refractivity contribution in [2.24, 2.45) is 5.92 Å². The van der Waals surface area contributed by atoms with Crippen molar-refractivity contribution in [2.45, 2.75) is 33.2 Å².